The minimum absolute atomic E-state index is 0.173. The van der Waals surface area contributed by atoms with Crippen LogP contribution in [0.25, 0.3) is 10.9 Å². The number of nitrogens with one attached hydrogen (secondary N) is 1. The average molecular weight is 350 g/mol. The predicted octanol–water partition coefficient (Wildman–Crippen LogP) is 5.15. The monoisotopic (exact) mass is 350 g/mol. The van der Waals surface area contributed by atoms with Crippen molar-refractivity contribution in [3.63, 3.8) is 0 Å². The van der Waals surface area contributed by atoms with Gasteiger partial charge in [-0.1, -0.05) is 23.8 Å². The van der Waals surface area contributed by atoms with E-state index in [-0.39, 0.29) is 5.82 Å². The molecule has 136 valence electrons. The van der Waals surface area contributed by atoms with Gasteiger partial charge >= 0.3 is 0 Å². The molecule has 0 amide bonds. The first-order valence-electron chi connectivity index (χ1n) is 9.78. The maximum absolute atomic E-state index is 13.0. The number of aryl methyl sites for hydroxylation is 3. The number of aromatic nitrogens is 1. The highest BCUT2D eigenvalue weighted by molar-refractivity contribution is 5.86. The highest BCUT2D eigenvalue weighted by Crippen LogP contribution is 2.32. The lowest BCUT2D eigenvalue weighted by Gasteiger charge is -2.16. The van der Waals surface area contributed by atoms with Crippen molar-refractivity contribution in [3.05, 3.63) is 70.7 Å². The van der Waals surface area contributed by atoms with E-state index in [2.05, 4.69) is 35.0 Å². The highest BCUT2D eigenvalue weighted by Gasteiger charge is 2.19. The Hall–Kier alpha value is -2.13. The van der Waals surface area contributed by atoms with E-state index in [0.29, 0.717) is 0 Å². The first-order valence-corrected chi connectivity index (χ1v) is 9.78. The second-order valence-electron chi connectivity index (χ2n) is 7.46. The van der Waals surface area contributed by atoms with Crippen LogP contribution in [0.4, 0.5) is 4.39 Å². The largest absolute Gasteiger partial charge is 0.344 e. The van der Waals surface area contributed by atoms with E-state index in [1.165, 1.54) is 54.3 Å². The molecule has 1 aliphatic carbocycles. The van der Waals surface area contributed by atoms with E-state index >= 15 is 0 Å². The number of halogens is 1. The Bertz CT molecular complexity index is 893. The van der Waals surface area contributed by atoms with Gasteiger partial charge in [0.15, 0.2) is 0 Å². The van der Waals surface area contributed by atoms with Crippen molar-refractivity contribution in [1.29, 1.82) is 0 Å². The summed E-state index contributed by atoms with van der Waals surface area (Å²) >= 11 is 0. The summed E-state index contributed by atoms with van der Waals surface area (Å²) in [6.45, 7) is 5.01. The van der Waals surface area contributed by atoms with Crippen LogP contribution >= 0.6 is 0 Å². The van der Waals surface area contributed by atoms with Crippen LogP contribution in [0.2, 0.25) is 0 Å². The summed E-state index contributed by atoms with van der Waals surface area (Å²) in [5.41, 5.74) is 7.04. The lowest BCUT2D eigenvalue weighted by atomic mass is 9.95. The Morgan fingerprint density at radius 2 is 1.85 bits per heavy atom. The normalized spacial score (nSPS) is 13.9. The Labute approximate surface area is 155 Å². The Morgan fingerprint density at radius 1 is 1.04 bits per heavy atom. The molecule has 4 rings (SSSR count). The van der Waals surface area contributed by atoms with E-state index in [0.717, 1.165) is 31.6 Å². The van der Waals surface area contributed by atoms with Gasteiger partial charge < -0.3 is 9.88 Å². The highest BCUT2D eigenvalue weighted by atomic mass is 19.1. The lowest BCUT2D eigenvalue weighted by molar-refractivity contribution is 0.560. The molecule has 2 aromatic carbocycles. The van der Waals surface area contributed by atoms with Crippen molar-refractivity contribution < 1.29 is 4.39 Å². The minimum Gasteiger partial charge on any atom is -0.344 e. The van der Waals surface area contributed by atoms with Crippen LogP contribution in [-0.2, 0) is 25.9 Å². The van der Waals surface area contributed by atoms with Gasteiger partial charge in [0.2, 0.25) is 0 Å². The van der Waals surface area contributed by atoms with Crippen molar-refractivity contribution in [2.45, 2.75) is 52.1 Å². The number of fused-ring (bicyclic) bond motifs is 3. The summed E-state index contributed by atoms with van der Waals surface area (Å²) in [5, 5.41) is 4.96. The molecular weight excluding hydrogens is 323 g/mol. The molecule has 0 atom stereocenters. The number of hydrogen-bond donors (Lipinski definition) is 1. The van der Waals surface area contributed by atoms with Gasteiger partial charge in [0.25, 0.3) is 0 Å². The van der Waals surface area contributed by atoms with Crippen LogP contribution in [0, 0.1) is 12.7 Å². The third-order valence-corrected chi connectivity index (χ3v) is 5.51. The summed E-state index contributed by atoms with van der Waals surface area (Å²) in [6.07, 6.45) is 6.17. The van der Waals surface area contributed by atoms with Gasteiger partial charge in [-0.25, -0.2) is 4.39 Å². The quantitative estimate of drug-likeness (QED) is 0.609. The molecule has 1 heterocycles. The molecule has 3 aromatic rings. The lowest BCUT2D eigenvalue weighted by Crippen LogP contribution is -2.17. The fourth-order valence-electron chi connectivity index (χ4n) is 4.20. The van der Waals surface area contributed by atoms with Crippen LogP contribution < -0.4 is 5.32 Å². The molecule has 1 N–H and O–H groups in total. The van der Waals surface area contributed by atoms with Crippen molar-refractivity contribution >= 4 is 10.9 Å². The topological polar surface area (TPSA) is 17.0 Å². The fraction of sp³-hybridized carbons (Fsp3) is 0.391. The first kappa shape index (κ1) is 17.3. The van der Waals surface area contributed by atoms with Gasteiger partial charge in [0.05, 0.1) is 0 Å². The van der Waals surface area contributed by atoms with Crippen molar-refractivity contribution in [2.24, 2.45) is 0 Å². The fourth-order valence-corrected chi connectivity index (χ4v) is 4.20. The van der Waals surface area contributed by atoms with E-state index in [1.54, 1.807) is 11.3 Å². The van der Waals surface area contributed by atoms with Crippen LogP contribution in [0.15, 0.2) is 42.5 Å². The molecule has 0 unspecified atom stereocenters. The zero-order valence-corrected chi connectivity index (χ0v) is 15.5. The maximum Gasteiger partial charge on any atom is 0.123 e. The van der Waals surface area contributed by atoms with Gasteiger partial charge in [0, 0.05) is 29.7 Å². The molecule has 0 spiro atoms. The molecule has 0 saturated heterocycles. The molecule has 0 radical (unpaired) electrons. The standard InChI is InChI=1S/C23H27FN2/c1-17-7-12-23-21(15-17)20-5-2-3-6-22(20)26(23)14-4-13-25-16-18-8-10-19(24)11-9-18/h7-12,15,25H,2-6,13-14,16H2,1H3. The van der Waals surface area contributed by atoms with Gasteiger partial charge in [-0.3, -0.25) is 0 Å². The summed E-state index contributed by atoms with van der Waals surface area (Å²) in [4.78, 5) is 0. The Balaban J connectivity index is 1.41. The van der Waals surface area contributed by atoms with Crippen molar-refractivity contribution in [1.82, 2.24) is 9.88 Å². The van der Waals surface area contributed by atoms with Gasteiger partial charge in [0.1, 0.15) is 5.82 Å². The molecule has 1 aromatic heterocycles. The minimum atomic E-state index is -0.173. The molecule has 26 heavy (non-hydrogen) atoms. The number of benzene rings is 2. The Kier molecular flexibility index (Phi) is 5.07. The van der Waals surface area contributed by atoms with Crippen LogP contribution in [-0.4, -0.2) is 11.1 Å². The summed E-state index contributed by atoms with van der Waals surface area (Å²) in [5.74, 6) is -0.173. The SMILES string of the molecule is Cc1ccc2c(c1)c1c(n2CCCNCc2ccc(F)cc2)CCCC1. The Morgan fingerprint density at radius 3 is 2.69 bits per heavy atom. The zero-order chi connectivity index (χ0) is 17.9. The summed E-state index contributed by atoms with van der Waals surface area (Å²) in [7, 11) is 0. The number of hydrogen-bond acceptors (Lipinski definition) is 1. The summed E-state index contributed by atoms with van der Waals surface area (Å²) in [6, 6.07) is 13.6. The zero-order valence-electron chi connectivity index (χ0n) is 15.5. The van der Waals surface area contributed by atoms with E-state index in [4.69, 9.17) is 0 Å². The third kappa shape index (κ3) is 3.54. The molecular formula is C23H27FN2. The molecule has 3 heteroatoms. The summed E-state index contributed by atoms with van der Waals surface area (Å²) < 4.78 is 15.5. The third-order valence-electron chi connectivity index (χ3n) is 5.51. The smallest absolute Gasteiger partial charge is 0.123 e. The van der Waals surface area contributed by atoms with Crippen LogP contribution in [0.1, 0.15) is 41.6 Å². The maximum atomic E-state index is 13.0. The van der Waals surface area contributed by atoms with Crippen LogP contribution in [0.5, 0.6) is 0 Å². The molecule has 0 aliphatic heterocycles. The first-order chi connectivity index (χ1) is 12.7. The average Bonchev–Trinajstić information content (AvgIpc) is 2.96. The van der Waals surface area contributed by atoms with E-state index in [9.17, 15) is 4.39 Å². The number of rotatable bonds is 6. The van der Waals surface area contributed by atoms with Gasteiger partial charge in [-0.15, -0.1) is 0 Å². The van der Waals surface area contributed by atoms with Crippen molar-refractivity contribution in [3.8, 4) is 0 Å². The van der Waals surface area contributed by atoms with Gasteiger partial charge in [-0.2, -0.15) is 0 Å². The van der Waals surface area contributed by atoms with Gasteiger partial charge in [-0.05, 0) is 81.0 Å². The van der Waals surface area contributed by atoms with Crippen molar-refractivity contribution in [2.75, 3.05) is 6.54 Å². The molecule has 1 aliphatic rings. The molecule has 2 nitrogen and oxygen atoms in total. The van der Waals surface area contributed by atoms with E-state index < -0.39 is 0 Å². The number of nitrogens with zero attached hydrogens (tertiary/aromatic N) is 1. The van der Waals surface area contributed by atoms with Crippen LogP contribution in [0.3, 0.4) is 0 Å². The molecule has 0 fully saturated rings. The second-order valence-corrected chi connectivity index (χ2v) is 7.46. The predicted molar refractivity (Wildman–Crippen MR) is 106 cm³/mol. The molecule has 0 saturated carbocycles. The van der Waals surface area contributed by atoms with E-state index in [1.807, 2.05) is 12.1 Å². The molecule has 0 bridgehead atoms. The second kappa shape index (κ2) is 7.63.